The van der Waals surface area contributed by atoms with Crippen LogP contribution in [0.25, 0.3) is 22.2 Å². The van der Waals surface area contributed by atoms with Gasteiger partial charge in [0.25, 0.3) is 0 Å². The fourth-order valence-corrected chi connectivity index (χ4v) is 3.09. The average Bonchev–Trinajstić information content (AvgIpc) is 2.78. The van der Waals surface area contributed by atoms with Gasteiger partial charge in [0.2, 0.25) is 0 Å². The minimum Gasteiger partial charge on any atom is -0.497 e. The normalized spacial score (nSPS) is 10.6. The van der Waals surface area contributed by atoms with Crippen molar-refractivity contribution in [2.75, 3.05) is 14.2 Å². The first-order valence-corrected chi connectivity index (χ1v) is 8.77. The molecule has 0 aliphatic rings. The molecule has 28 heavy (non-hydrogen) atoms. The molecule has 0 radical (unpaired) electrons. The Morgan fingerprint density at radius 3 is 2.00 bits per heavy atom. The lowest BCUT2D eigenvalue weighted by Crippen LogP contribution is -2.02. The number of benzene rings is 3. The number of rotatable bonds is 5. The molecule has 0 aliphatic heterocycles. The highest BCUT2D eigenvalue weighted by atomic mass is 16.5. The zero-order valence-electron chi connectivity index (χ0n) is 15.5. The van der Waals surface area contributed by atoms with Gasteiger partial charge in [0.15, 0.2) is 5.78 Å². The van der Waals surface area contributed by atoms with Crippen LogP contribution in [0, 0.1) is 0 Å². The largest absolute Gasteiger partial charge is 0.497 e. The minimum absolute atomic E-state index is 0.0610. The monoisotopic (exact) mass is 370 g/mol. The highest BCUT2D eigenvalue weighted by molar-refractivity contribution is 6.11. The molecule has 4 rings (SSSR count). The molecule has 1 heterocycles. The lowest BCUT2D eigenvalue weighted by Gasteiger charge is -2.08. The van der Waals surface area contributed by atoms with Crippen molar-refractivity contribution < 1.29 is 14.3 Å². The average molecular weight is 370 g/mol. The van der Waals surface area contributed by atoms with E-state index in [1.807, 2.05) is 36.4 Å². The van der Waals surface area contributed by atoms with Crippen molar-refractivity contribution in [2.45, 2.75) is 0 Å². The molecule has 0 unspecified atom stereocenters. The third-order valence-electron chi connectivity index (χ3n) is 4.61. The van der Waals surface area contributed by atoms with Crippen LogP contribution in [-0.4, -0.2) is 30.0 Å². The Kier molecular flexibility index (Phi) is 4.72. The Hall–Kier alpha value is -3.73. The standard InChI is InChI=1S/C23H18N2O3/c1-27-18-8-3-15(4-9-18)22-20-12-7-17(13-21(20)24-14-25-22)23(26)16-5-10-19(28-2)11-6-16/h3-14H,1-2H3. The van der Waals surface area contributed by atoms with E-state index in [1.54, 1.807) is 44.6 Å². The molecular formula is C23H18N2O3. The van der Waals surface area contributed by atoms with Gasteiger partial charge in [-0.3, -0.25) is 4.79 Å². The van der Waals surface area contributed by atoms with E-state index in [2.05, 4.69) is 9.97 Å². The first-order valence-electron chi connectivity index (χ1n) is 8.77. The molecule has 5 heteroatoms. The first-order chi connectivity index (χ1) is 13.7. The van der Waals surface area contributed by atoms with Crippen molar-refractivity contribution in [2.24, 2.45) is 0 Å². The summed E-state index contributed by atoms with van der Waals surface area (Å²) in [4.78, 5) is 21.6. The molecule has 0 N–H and O–H groups in total. The van der Waals surface area contributed by atoms with Gasteiger partial charge in [-0.2, -0.15) is 0 Å². The van der Waals surface area contributed by atoms with Crippen molar-refractivity contribution >= 4 is 16.7 Å². The van der Waals surface area contributed by atoms with Gasteiger partial charge in [0, 0.05) is 22.1 Å². The number of carbonyl (C=O) groups is 1. The summed E-state index contributed by atoms with van der Waals surface area (Å²) in [6.45, 7) is 0. The number of ketones is 1. The SMILES string of the molecule is COc1ccc(C(=O)c2ccc3c(-c4ccc(OC)cc4)ncnc3c2)cc1. The van der Waals surface area contributed by atoms with Gasteiger partial charge >= 0.3 is 0 Å². The summed E-state index contributed by atoms with van der Waals surface area (Å²) in [6.07, 6.45) is 1.52. The molecule has 0 bridgehead atoms. The molecule has 0 fully saturated rings. The van der Waals surface area contributed by atoms with Gasteiger partial charge in [0.1, 0.15) is 17.8 Å². The number of methoxy groups -OCH3 is 2. The number of hydrogen-bond donors (Lipinski definition) is 0. The van der Waals surface area contributed by atoms with E-state index < -0.39 is 0 Å². The highest BCUT2D eigenvalue weighted by Gasteiger charge is 2.13. The Morgan fingerprint density at radius 1 is 0.750 bits per heavy atom. The highest BCUT2D eigenvalue weighted by Crippen LogP contribution is 2.28. The topological polar surface area (TPSA) is 61.3 Å². The van der Waals surface area contributed by atoms with Crippen molar-refractivity contribution in [3.63, 3.8) is 0 Å². The quantitative estimate of drug-likeness (QED) is 0.483. The zero-order valence-corrected chi connectivity index (χ0v) is 15.5. The zero-order chi connectivity index (χ0) is 19.5. The maximum atomic E-state index is 12.8. The first kappa shape index (κ1) is 17.7. The Balaban J connectivity index is 1.72. The number of nitrogens with zero attached hydrogens (tertiary/aromatic N) is 2. The molecule has 5 nitrogen and oxygen atoms in total. The molecular weight excluding hydrogens is 352 g/mol. The Bertz CT molecular complexity index is 1140. The van der Waals surface area contributed by atoms with Crippen LogP contribution in [0.4, 0.5) is 0 Å². The summed E-state index contributed by atoms with van der Waals surface area (Å²) >= 11 is 0. The van der Waals surface area contributed by atoms with E-state index in [4.69, 9.17) is 9.47 Å². The molecule has 0 saturated carbocycles. The molecule has 0 aliphatic carbocycles. The van der Waals surface area contributed by atoms with E-state index in [1.165, 1.54) is 6.33 Å². The van der Waals surface area contributed by atoms with Gasteiger partial charge in [-0.1, -0.05) is 6.07 Å². The lowest BCUT2D eigenvalue weighted by atomic mass is 10.00. The lowest BCUT2D eigenvalue weighted by molar-refractivity contribution is 0.103. The van der Waals surface area contributed by atoms with Crippen LogP contribution in [0.15, 0.2) is 73.1 Å². The molecule has 4 aromatic rings. The molecule has 138 valence electrons. The summed E-state index contributed by atoms with van der Waals surface area (Å²) in [5.74, 6) is 1.44. The molecule has 3 aromatic carbocycles. The number of hydrogen-bond acceptors (Lipinski definition) is 5. The van der Waals surface area contributed by atoms with Gasteiger partial charge in [0.05, 0.1) is 25.4 Å². The fourth-order valence-electron chi connectivity index (χ4n) is 3.09. The molecule has 0 atom stereocenters. The summed E-state index contributed by atoms with van der Waals surface area (Å²) in [6, 6.07) is 20.3. The number of carbonyl (C=O) groups excluding carboxylic acids is 1. The van der Waals surface area contributed by atoms with Crippen molar-refractivity contribution in [1.29, 1.82) is 0 Å². The van der Waals surface area contributed by atoms with Gasteiger partial charge in [-0.25, -0.2) is 9.97 Å². The van der Waals surface area contributed by atoms with E-state index >= 15 is 0 Å². The van der Waals surface area contributed by atoms with E-state index in [9.17, 15) is 4.79 Å². The van der Waals surface area contributed by atoms with Crippen LogP contribution in [0.5, 0.6) is 11.5 Å². The van der Waals surface area contributed by atoms with Gasteiger partial charge < -0.3 is 9.47 Å². The van der Waals surface area contributed by atoms with Crippen LogP contribution in [0.2, 0.25) is 0 Å². The number of aromatic nitrogens is 2. The third-order valence-corrected chi connectivity index (χ3v) is 4.61. The van der Waals surface area contributed by atoms with Crippen molar-refractivity contribution in [1.82, 2.24) is 9.97 Å². The van der Waals surface area contributed by atoms with Crippen LogP contribution < -0.4 is 9.47 Å². The van der Waals surface area contributed by atoms with Crippen LogP contribution in [0.1, 0.15) is 15.9 Å². The van der Waals surface area contributed by atoms with Crippen LogP contribution in [0.3, 0.4) is 0 Å². The molecule has 0 amide bonds. The third kappa shape index (κ3) is 3.30. The minimum atomic E-state index is -0.0610. The Labute approximate surface area is 162 Å². The van der Waals surface area contributed by atoms with Crippen molar-refractivity contribution in [3.05, 3.63) is 84.2 Å². The summed E-state index contributed by atoms with van der Waals surface area (Å²) < 4.78 is 10.4. The van der Waals surface area contributed by atoms with Gasteiger partial charge in [-0.05, 0) is 60.7 Å². The van der Waals surface area contributed by atoms with Crippen LogP contribution >= 0.6 is 0 Å². The second-order valence-corrected chi connectivity index (χ2v) is 6.24. The fraction of sp³-hybridized carbons (Fsp3) is 0.0870. The predicted octanol–water partition coefficient (Wildman–Crippen LogP) is 4.55. The summed E-state index contributed by atoms with van der Waals surface area (Å²) in [5.41, 5.74) is 3.68. The van der Waals surface area contributed by atoms with Gasteiger partial charge in [-0.15, -0.1) is 0 Å². The Morgan fingerprint density at radius 2 is 1.36 bits per heavy atom. The molecule has 0 spiro atoms. The number of ether oxygens (including phenoxy) is 2. The number of fused-ring (bicyclic) bond motifs is 1. The summed E-state index contributed by atoms with van der Waals surface area (Å²) in [7, 11) is 3.23. The van der Waals surface area contributed by atoms with Crippen molar-refractivity contribution in [3.8, 4) is 22.8 Å². The summed E-state index contributed by atoms with van der Waals surface area (Å²) in [5, 5.41) is 0.888. The smallest absolute Gasteiger partial charge is 0.193 e. The maximum absolute atomic E-state index is 12.8. The van der Waals surface area contributed by atoms with E-state index in [0.717, 1.165) is 27.9 Å². The van der Waals surface area contributed by atoms with E-state index in [-0.39, 0.29) is 5.78 Å². The second kappa shape index (κ2) is 7.48. The van der Waals surface area contributed by atoms with E-state index in [0.29, 0.717) is 16.9 Å². The molecule has 1 aromatic heterocycles. The predicted molar refractivity (Wildman–Crippen MR) is 108 cm³/mol. The second-order valence-electron chi connectivity index (χ2n) is 6.24. The van der Waals surface area contributed by atoms with Crippen LogP contribution in [-0.2, 0) is 0 Å². The maximum Gasteiger partial charge on any atom is 0.193 e. The molecule has 0 saturated heterocycles.